The van der Waals surface area contributed by atoms with Gasteiger partial charge in [-0.3, -0.25) is 0 Å². The van der Waals surface area contributed by atoms with E-state index in [0.717, 1.165) is 10.2 Å². The van der Waals surface area contributed by atoms with Gasteiger partial charge in [-0.05, 0) is 36.9 Å². The van der Waals surface area contributed by atoms with Crippen LogP contribution in [0.1, 0.15) is 5.56 Å². The van der Waals surface area contributed by atoms with Gasteiger partial charge in [0.05, 0.1) is 17.5 Å². The van der Waals surface area contributed by atoms with Gasteiger partial charge in [0.2, 0.25) is 5.95 Å². The zero-order chi connectivity index (χ0) is 16.4. The van der Waals surface area contributed by atoms with Crippen LogP contribution in [-0.2, 0) is 16.6 Å². The summed E-state index contributed by atoms with van der Waals surface area (Å²) in [5, 5.41) is 2.94. The molecule has 3 aromatic heterocycles. The summed E-state index contributed by atoms with van der Waals surface area (Å²) in [4.78, 5) is 3.58. The van der Waals surface area contributed by atoms with Crippen molar-refractivity contribution < 1.29 is 17.2 Å². The van der Waals surface area contributed by atoms with E-state index in [1.807, 2.05) is 0 Å². The lowest BCUT2D eigenvalue weighted by molar-refractivity contribution is 0.554. The predicted octanol–water partition coefficient (Wildman–Crippen LogP) is 2.66. The van der Waals surface area contributed by atoms with E-state index in [1.165, 1.54) is 30.8 Å². The van der Waals surface area contributed by atoms with E-state index in [-0.39, 0.29) is 28.6 Å². The number of nitrogens with zero attached hydrogens (tertiary/aromatic N) is 2. The Hall–Kier alpha value is -2.16. The Morgan fingerprint density at radius 1 is 1.38 bits per heavy atom. The summed E-state index contributed by atoms with van der Waals surface area (Å²) in [5.41, 5.74) is 1.03. The summed E-state index contributed by atoms with van der Waals surface area (Å²) in [6.45, 7) is 0.447. The molecule has 3 aromatic rings. The van der Waals surface area contributed by atoms with E-state index in [4.69, 9.17) is 4.42 Å². The molecular weight excluding hydrogens is 357 g/mol. The van der Waals surface area contributed by atoms with Crippen molar-refractivity contribution in [2.45, 2.75) is 11.4 Å². The number of pyridine rings is 1. The van der Waals surface area contributed by atoms with Crippen molar-refractivity contribution in [3.63, 3.8) is 0 Å². The third-order valence-corrected chi connectivity index (χ3v) is 4.96. The molecule has 0 aliphatic carbocycles. The molecule has 9 heteroatoms. The average molecular weight is 372 g/mol. The monoisotopic (exact) mass is 371 g/mol. The molecule has 0 aliphatic rings. The second-order valence-corrected chi connectivity index (χ2v) is 6.68. The quantitative estimate of drug-likeness (QED) is 0.698. The number of halogens is 2. The molecule has 0 spiro atoms. The normalized spacial score (nSPS) is 11.2. The van der Waals surface area contributed by atoms with Crippen LogP contribution in [0.5, 0.6) is 0 Å². The summed E-state index contributed by atoms with van der Waals surface area (Å²) in [7, 11) is -2.15. The van der Waals surface area contributed by atoms with Gasteiger partial charge < -0.3 is 9.73 Å². The van der Waals surface area contributed by atoms with Crippen molar-refractivity contribution in [3.05, 3.63) is 60.7 Å². The topological polar surface area (TPSA) is 77.1 Å². The Morgan fingerprint density at radius 2 is 2.17 bits per heavy atom. The van der Waals surface area contributed by atoms with Crippen LogP contribution >= 0.6 is 12.4 Å². The van der Waals surface area contributed by atoms with Crippen LogP contribution in [0.4, 0.5) is 4.39 Å². The molecule has 6 nitrogen and oxygen atoms in total. The molecule has 0 radical (unpaired) electrons. The highest BCUT2D eigenvalue weighted by molar-refractivity contribution is 7.90. The summed E-state index contributed by atoms with van der Waals surface area (Å²) >= 11 is 0. The second-order valence-electron chi connectivity index (χ2n) is 4.87. The molecule has 3 rings (SSSR count). The molecule has 128 valence electrons. The first kappa shape index (κ1) is 18.2. The molecule has 0 atom stereocenters. The van der Waals surface area contributed by atoms with Gasteiger partial charge in [0, 0.05) is 18.9 Å². The van der Waals surface area contributed by atoms with Crippen molar-refractivity contribution in [3.8, 4) is 11.3 Å². The van der Waals surface area contributed by atoms with E-state index in [9.17, 15) is 12.8 Å². The average Bonchev–Trinajstić information content (AvgIpc) is 3.18. The Labute approximate surface area is 144 Å². The van der Waals surface area contributed by atoms with Crippen molar-refractivity contribution in [2.75, 3.05) is 7.05 Å². The first-order valence-electron chi connectivity index (χ1n) is 6.78. The highest BCUT2D eigenvalue weighted by atomic mass is 35.5. The molecule has 0 aromatic carbocycles. The number of furan rings is 1. The molecule has 0 amide bonds. The molecule has 24 heavy (non-hydrogen) atoms. The molecule has 0 fully saturated rings. The first-order valence-corrected chi connectivity index (χ1v) is 8.22. The zero-order valence-electron chi connectivity index (χ0n) is 12.6. The maximum absolute atomic E-state index is 14.0. The van der Waals surface area contributed by atoms with Crippen LogP contribution in [0.3, 0.4) is 0 Å². The lowest BCUT2D eigenvalue weighted by Gasteiger charge is -2.09. The van der Waals surface area contributed by atoms with Crippen molar-refractivity contribution in [1.82, 2.24) is 14.3 Å². The van der Waals surface area contributed by atoms with E-state index in [0.29, 0.717) is 12.1 Å². The van der Waals surface area contributed by atoms with E-state index >= 15 is 0 Å². The predicted molar refractivity (Wildman–Crippen MR) is 88.9 cm³/mol. The fraction of sp³-hybridized carbons (Fsp3) is 0.133. The largest absolute Gasteiger partial charge is 0.471 e. The third-order valence-electron chi connectivity index (χ3n) is 3.31. The minimum atomic E-state index is -3.89. The van der Waals surface area contributed by atoms with Crippen molar-refractivity contribution >= 4 is 22.4 Å². The van der Waals surface area contributed by atoms with Gasteiger partial charge in [-0.25, -0.2) is 17.4 Å². The molecular formula is C15H15ClFN3O3S. The Morgan fingerprint density at radius 3 is 2.79 bits per heavy atom. The maximum Gasteiger partial charge on any atom is 0.271 e. The zero-order valence-corrected chi connectivity index (χ0v) is 14.3. The Balaban J connectivity index is 0.00000208. The van der Waals surface area contributed by atoms with Crippen LogP contribution < -0.4 is 5.32 Å². The van der Waals surface area contributed by atoms with Crippen molar-refractivity contribution in [1.29, 1.82) is 0 Å². The van der Waals surface area contributed by atoms with E-state index in [2.05, 4.69) is 10.3 Å². The highest BCUT2D eigenvalue weighted by Crippen LogP contribution is 2.28. The van der Waals surface area contributed by atoms with Crippen molar-refractivity contribution in [2.24, 2.45) is 0 Å². The van der Waals surface area contributed by atoms with Gasteiger partial charge in [0.25, 0.3) is 10.0 Å². The van der Waals surface area contributed by atoms with Gasteiger partial charge in [-0.2, -0.15) is 4.39 Å². The number of hydrogen-bond acceptors (Lipinski definition) is 5. The first-order chi connectivity index (χ1) is 11.0. The Bertz CT molecular complexity index is 923. The van der Waals surface area contributed by atoms with Crippen LogP contribution in [0, 0.1) is 5.95 Å². The van der Waals surface area contributed by atoms with Gasteiger partial charge >= 0.3 is 0 Å². The van der Waals surface area contributed by atoms with Crippen LogP contribution in [0.25, 0.3) is 11.3 Å². The van der Waals surface area contributed by atoms with Gasteiger partial charge in [-0.15, -0.1) is 12.4 Å². The fourth-order valence-electron chi connectivity index (χ4n) is 2.28. The molecule has 1 N–H and O–H groups in total. The van der Waals surface area contributed by atoms with E-state index < -0.39 is 16.0 Å². The standard InChI is InChI=1S/C15H14FN3O3S.ClH/c1-17-8-11-7-14(13-3-2-5-18-15(13)16)19(9-11)23(20,21)12-4-6-22-10-12;/h2-7,9-10,17H,8H2,1H3;1H. The van der Waals surface area contributed by atoms with E-state index in [1.54, 1.807) is 19.2 Å². The lowest BCUT2D eigenvalue weighted by atomic mass is 10.2. The molecule has 0 saturated heterocycles. The lowest BCUT2D eigenvalue weighted by Crippen LogP contribution is -2.13. The number of nitrogens with one attached hydrogen (secondary N) is 1. The molecule has 3 heterocycles. The van der Waals surface area contributed by atoms with Crippen LogP contribution in [0.15, 0.2) is 58.5 Å². The Kier molecular flexibility index (Phi) is 5.43. The molecule has 0 saturated carbocycles. The summed E-state index contributed by atoms with van der Waals surface area (Å²) in [6, 6.07) is 6.00. The fourth-order valence-corrected chi connectivity index (χ4v) is 3.60. The van der Waals surface area contributed by atoms with Crippen LogP contribution in [0.2, 0.25) is 0 Å². The second kappa shape index (κ2) is 7.16. The number of hydrogen-bond donors (Lipinski definition) is 1. The summed E-state index contributed by atoms with van der Waals surface area (Å²) in [6.07, 6.45) is 5.18. The van der Waals surface area contributed by atoms with Crippen LogP contribution in [-0.4, -0.2) is 24.4 Å². The SMILES string of the molecule is CNCc1cc(-c2cccnc2F)n(S(=O)(=O)c2ccoc2)c1.Cl. The highest BCUT2D eigenvalue weighted by Gasteiger charge is 2.24. The maximum atomic E-state index is 14.0. The van der Waals surface area contributed by atoms with Gasteiger partial charge in [0.1, 0.15) is 11.2 Å². The summed E-state index contributed by atoms with van der Waals surface area (Å²) < 4.78 is 45.4. The minimum absolute atomic E-state index is 0. The summed E-state index contributed by atoms with van der Waals surface area (Å²) in [5.74, 6) is -0.731. The third kappa shape index (κ3) is 3.21. The smallest absolute Gasteiger partial charge is 0.271 e. The number of aromatic nitrogens is 2. The number of rotatable bonds is 5. The minimum Gasteiger partial charge on any atom is -0.471 e. The molecule has 0 unspecified atom stereocenters. The molecule has 0 aliphatic heterocycles. The molecule has 0 bridgehead atoms. The van der Waals surface area contributed by atoms with Gasteiger partial charge in [-0.1, -0.05) is 0 Å². The van der Waals surface area contributed by atoms with Gasteiger partial charge in [0.15, 0.2) is 0 Å².